The Morgan fingerprint density at radius 2 is 1.19 bits per heavy atom. The lowest BCUT2D eigenvalue weighted by molar-refractivity contribution is 0.817. The van der Waals surface area contributed by atoms with Crippen LogP contribution in [0.5, 0.6) is 0 Å². The van der Waals surface area contributed by atoms with E-state index in [1.165, 1.54) is 77.1 Å². The number of para-hydroxylation sites is 2. The maximum atomic E-state index is 5.53. The molecular formula is C50H31N3. The minimum Gasteiger partial charge on any atom is -0.293 e. The van der Waals surface area contributed by atoms with Crippen molar-refractivity contribution in [2.75, 3.05) is 0 Å². The van der Waals surface area contributed by atoms with Gasteiger partial charge in [-0.05, 0) is 86.0 Å². The zero-order valence-electron chi connectivity index (χ0n) is 28.8. The van der Waals surface area contributed by atoms with Gasteiger partial charge in [-0.25, -0.2) is 9.97 Å². The summed E-state index contributed by atoms with van der Waals surface area (Å²) >= 11 is 0. The Labute approximate surface area is 306 Å². The van der Waals surface area contributed by atoms with Crippen LogP contribution in [-0.2, 0) is 6.42 Å². The molecule has 0 N–H and O–H groups in total. The third-order valence-electron chi connectivity index (χ3n) is 11.7. The average molecular weight is 674 g/mol. The molecule has 53 heavy (non-hydrogen) atoms. The van der Waals surface area contributed by atoms with Crippen LogP contribution in [0.3, 0.4) is 0 Å². The van der Waals surface area contributed by atoms with Crippen LogP contribution >= 0.6 is 0 Å². The van der Waals surface area contributed by atoms with Crippen molar-refractivity contribution in [3.05, 3.63) is 187 Å². The fraction of sp³-hybridized carbons (Fsp3) is 0.0400. The molecule has 2 heterocycles. The summed E-state index contributed by atoms with van der Waals surface area (Å²) in [7, 11) is 0. The molecule has 0 amide bonds. The van der Waals surface area contributed by atoms with Crippen LogP contribution in [0.25, 0.3) is 94.1 Å². The molecule has 3 heteroatoms. The lowest BCUT2D eigenvalue weighted by Gasteiger charge is -2.28. The molecule has 8 aromatic carbocycles. The van der Waals surface area contributed by atoms with Gasteiger partial charge in [0.05, 0.1) is 16.6 Å². The molecule has 0 aliphatic heterocycles. The van der Waals surface area contributed by atoms with Crippen LogP contribution in [0.1, 0.15) is 22.6 Å². The second-order valence-electron chi connectivity index (χ2n) is 14.5. The molecule has 3 nitrogen and oxygen atoms in total. The lowest BCUT2D eigenvalue weighted by atomic mass is 9.75. The molecule has 0 bridgehead atoms. The summed E-state index contributed by atoms with van der Waals surface area (Å²) in [4.78, 5) is 10.7. The zero-order chi connectivity index (χ0) is 34.6. The quantitative estimate of drug-likeness (QED) is 0.187. The van der Waals surface area contributed by atoms with Gasteiger partial charge in [0, 0.05) is 33.2 Å². The van der Waals surface area contributed by atoms with E-state index in [4.69, 9.17) is 9.97 Å². The number of rotatable bonds is 3. The molecule has 0 fully saturated rings. The Kier molecular flexibility index (Phi) is 5.89. The minimum atomic E-state index is 0.293. The van der Waals surface area contributed by atoms with Gasteiger partial charge in [0.2, 0.25) is 0 Å². The first-order valence-corrected chi connectivity index (χ1v) is 18.4. The number of fused-ring (bicyclic) bond motifs is 12. The predicted octanol–water partition coefficient (Wildman–Crippen LogP) is 12.5. The van der Waals surface area contributed by atoms with Crippen LogP contribution in [0.2, 0.25) is 0 Å². The van der Waals surface area contributed by atoms with Crippen LogP contribution in [0.4, 0.5) is 0 Å². The molecule has 0 saturated heterocycles. The molecule has 0 saturated carbocycles. The largest absolute Gasteiger partial charge is 0.293 e. The first-order valence-electron chi connectivity index (χ1n) is 18.4. The van der Waals surface area contributed by atoms with Gasteiger partial charge in [-0.1, -0.05) is 146 Å². The van der Waals surface area contributed by atoms with Gasteiger partial charge in [0.1, 0.15) is 5.82 Å². The van der Waals surface area contributed by atoms with E-state index in [1.54, 1.807) is 0 Å². The molecular weight excluding hydrogens is 643 g/mol. The normalized spacial score (nSPS) is 14.2. The van der Waals surface area contributed by atoms with Gasteiger partial charge in [-0.2, -0.15) is 0 Å². The van der Waals surface area contributed by atoms with Crippen molar-refractivity contribution in [2.24, 2.45) is 0 Å². The van der Waals surface area contributed by atoms with Crippen molar-refractivity contribution in [3.8, 4) is 50.6 Å². The van der Waals surface area contributed by atoms with E-state index >= 15 is 0 Å². The van der Waals surface area contributed by atoms with Crippen LogP contribution < -0.4 is 0 Å². The summed E-state index contributed by atoms with van der Waals surface area (Å²) in [6, 6.07) is 61.7. The van der Waals surface area contributed by atoms with Crippen LogP contribution in [-0.4, -0.2) is 14.5 Å². The van der Waals surface area contributed by atoms with Crippen molar-refractivity contribution < 1.29 is 0 Å². The molecule has 10 aromatic rings. The molecule has 2 aliphatic carbocycles. The van der Waals surface area contributed by atoms with E-state index < -0.39 is 0 Å². The Balaban J connectivity index is 1.21. The number of nitrogens with zero attached hydrogens (tertiary/aromatic N) is 3. The summed E-state index contributed by atoms with van der Waals surface area (Å²) in [5, 5.41) is 6.08. The number of benzene rings is 8. The number of aromatic nitrogens is 3. The predicted molar refractivity (Wildman–Crippen MR) is 219 cm³/mol. The molecule has 12 rings (SSSR count). The Morgan fingerprint density at radius 1 is 0.491 bits per heavy atom. The van der Waals surface area contributed by atoms with Crippen molar-refractivity contribution in [1.29, 1.82) is 0 Å². The first kappa shape index (κ1) is 28.8. The van der Waals surface area contributed by atoms with E-state index in [0.29, 0.717) is 5.92 Å². The van der Waals surface area contributed by atoms with E-state index in [0.717, 1.165) is 40.0 Å². The van der Waals surface area contributed by atoms with E-state index in [9.17, 15) is 0 Å². The lowest BCUT2D eigenvalue weighted by Crippen LogP contribution is -2.12. The number of hydrogen-bond acceptors (Lipinski definition) is 2. The van der Waals surface area contributed by atoms with Gasteiger partial charge in [0.15, 0.2) is 5.82 Å². The van der Waals surface area contributed by atoms with Gasteiger partial charge < -0.3 is 0 Å². The highest BCUT2D eigenvalue weighted by Gasteiger charge is 2.38. The Morgan fingerprint density at radius 3 is 2.08 bits per heavy atom. The summed E-state index contributed by atoms with van der Waals surface area (Å²) in [6.07, 6.45) is 0.989. The Bertz CT molecular complexity index is 3140. The van der Waals surface area contributed by atoms with Gasteiger partial charge in [-0.3, -0.25) is 4.57 Å². The average Bonchev–Trinajstić information content (AvgIpc) is 3.73. The maximum absolute atomic E-state index is 5.53. The fourth-order valence-corrected chi connectivity index (χ4v) is 9.42. The second-order valence-corrected chi connectivity index (χ2v) is 14.5. The first-order chi connectivity index (χ1) is 26.3. The molecule has 0 spiro atoms. The van der Waals surface area contributed by atoms with E-state index in [2.05, 4.69) is 174 Å². The molecule has 1 unspecified atom stereocenters. The highest BCUT2D eigenvalue weighted by molar-refractivity contribution is 6.20. The van der Waals surface area contributed by atoms with Crippen molar-refractivity contribution in [2.45, 2.75) is 12.3 Å². The highest BCUT2D eigenvalue weighted by Crippen LogP contribution is 2.58. The minimum absolute atomic E-state index is 0.293. The van der Waals surface area contributed by atoms with Gasteiger partial charge in [0.25, 0.3) is 0 Å². The summed E-state index contributed by atoms with van der Waals surface area (Å²) in [5.74, 6) is 1.91. The third kappa shape index (κ3) is 4.05. The smallest absolute Gasteiger partial charge is 0.162 e. The topological polar surface area (TPSA) is 30.7 Å². The molecule has 246 valence electrons. The number of hydrogen-bond donors (Lipinski definition) is 0. The van der Waals surface area contributed by atoms with E-state index in [-0.39, 0.29) is 0 Å². The van der Waals surface area contributed by atoms with E-state index in [1.807, 2.05) is 0 Å². The summed E-state index contributed by atoms with van der Waals surface area (Å²) in [6.45, 7) is 0. The van der Waals surface area contributed by atoms with Crippen molar-refractivity contribution in [3.63, 3.8) is 0 Å². The van der Waals surface area contributed by atoms with Gasteiger partial charge in [-0.15, -0.1) is 0 Å². The monoisotopic (exact) mass is 673 g/mol. The van der Waals surface area contributed by atoms with Crippen LogP contribution in [0.15, 0.2) is 170 Å². The molecule has 2 aliphatic rings. The van der Waals surface area contributed by atoms with Gasteiger partial charge >= 0.3 is 0 Å². The maximum Gasteiger partial charge on any atom is 0.162 e. The molecule has 2 aromatic heterocycles. The zero-order valence-corrected chi connectivity index (χ0v) is 28.8. The third-order valence-corrected chi connectivity index (χ3v) is 11.7. The fourth-order valence-electron chi connectivity index (χ4n) is 9.42. The highest BCUT2D eigenvalue weighted by atomic mass is 15.1. The van der Waals surface area contributed by atoms with Crippen LogP contribution in [0, 0.1) is 0 Å². The Hall–Kier alpha value is -6.84. The summed E-state index contributed by atoms with van der Waals surface area (Å²) < 4.78 is 2.46. The summed E-state index contributed by atoms with van der Waals surface area (Å²) in [5.41, 5.74) is 16.3. The standard InChI is InChI=1S/C50H31N3/c1-2-12-30(13-3-1)31-22-25-33(26-23-31)49-51-43-20-10-8-19-39(43)50(52-49)53-44-21-11-9-18-38(44)42-29-41-37-17-7-6-16-36(37)40-28-34-27-24-32-14-4-5-15-35(32)45(34)47(46(40)41)48(42)53/h1-27,29,40H,28H2. The second kappa shape index (κ2) is 10.8. The molecule has 0 radical (unpaired) electrons. The van der Waals surface area contributed by atoms with Crippen molar-refractivity contribution >= 4 is 43.5 Å². The van der Waals surface area contributed by atoms with Crippen molar-refractivity contribution in [1.82, 2.24) is 14.5 Å². The molecule has 1 atom stereocenters. The SMILES string of the molecule is c1ccc(-c2ccc(-c3nc(-n4c5ccccc5c5cc6c7c(c54)-c4c(ccc5ccccc45)CC7c4ccccc4-6)c4ccccc4n3)cc2)cc1.